The van der Waals surface area contributed by atoms with Crippen molar-refractivity contribution >= 4 is 41.0 Å². The Morgan fingerprint density at radius 1 is 1.40 bits per heavy atom. The molecule has 1 aromatic heterocycles. The Labute approximate surface area is 155 Å². The maximum absolute atomic E-state index is 12.3. The lowest BCUT2D eigenvalue weighted by atomic mass is 10.2. The minimum Gasteiger partial charge on any atom is -0.360 e. The summed E-state index contributed by atoms with van der Waals surface area (Å²) in [5.41, 5.74) is 0.886. The minimum atomic E-state index is -0.394. The van der Waals surface area contributed by atoms with E-state index in [1.165, 1.54) is 11.8 Å². The maximum atomic E-state index is 12.3. The first-order valence-corrected chi connectivity index (χ1v) is 9.12. The van der Waals surface area contributed by atoms with Gasteiger partial charge in [0.1, 0.15) is 5.76 Å². The number of aromatic nitrogens is 1. The Morgan fingerprint density at radius 2 is 2.12 bits per heavy atom. The van der Waals surface area contributed by atoms with Gasteiger partial charge in [0.2, 0.25) is 11.8 Å². The van der Waals surface area contributed by atoms with Gasteiger partial charge in [-0.15, -0.1) is 11.8 Å². The summed E-state index contributed by atoms with van der Waals surface area (Å²) in [5.74, 6) is 0.902. The molecule has 1 atom stereocenters. The molecular weight excluding hydrogens is 362 g/mol. The van der Waals surface area contributed by atoms with Crippen molar-refractivity contribution < 1.29 is 14.1 Å². The van der Waals surface area contributed by atoms with E-state index in [4.69, 9.17) is 16.1 Å². The number of aryl methyl sites for hydroxylation is 1. The molecule has 2 amide bonds. The molecule has 0 saturated heterocycles. The number of halogens is 1. The van der Waals surface area contributed by atoms with Gasteiger partial charge in [0.25, 0.3) is 0 Å². The highest BCUT2D eigenvalue weighted by molar-refractivity contribution is 8.01. The second-order valence-corrected chi connectivity index (χ2v) is 7.34. The second kappa shape index (κ2) is 8.92. The van der Waals surface area contributed by atoms with Crippen molar-refractivity contribution in [2.45, 2.75) is 25.6 Å². The molecule has 0 spiro atoms. The average molecular weight is 382 g/mol. The Morgan fingerprint density at radius 3 is 2.76 bits per heavy atom. The summed E-state index contributed by atoms with van der Waals surface area (Å²) in [5, 5.41) is 6.60. The fourth-order valence-corrected chi connectivity index (χ4v) is 3.02. The molecule has 134 valence electrons. The zero-order valence-corrected chi connectivity index (χ0v) is 15.9. The third kappa shape index (κ3) is 5.79. The number of amides is 2. The summed E-state index contributed by atoms with van der Waals surface area (Å²) in [4.78, 5) is 25.9. The molecule has 25 heavy (non-hydrogen) atoms. The fraction of sp³-hybridized carbons (Fsp3) is 0.353. The van der Waals surface area contributed by atoms with Crippen molar-refractivity contribution in [1.29, 1.82) is 0 Å². The van der Waals surface area contributed by atoms with Crippen LogP contribution in [-0.2, 0) is 16.1 Å². The van der Waals surface area contributed by atoms with Crippen LogP contribution in [0, 0.1) is 6.92 Å². The zero-order chi connectivity index (χ0) is 18.4. The van der Waals surface area contributed by atoms with Gasteiger partial charge in [-0.3, -0.25) is 9.59 Å². The number of hydrogen-bond acceptors (Lipinski definition) is 5. The number of rotatable bonds is 7. The molecule has 0 fully saturated rings. The van der Waals surface area contributed by atoms with Crippen molar-refractivity contribution in [3.05, 3.63) is 46.7 Å². The van der Waals surface area contributed by atoms with Gasteiger partial charge >= 0.3 is 0 Å². The van der Waals surface area contributed by atoms with Crippen LogP contribution in [-0.4, -0.2) is 39.9 Å². The van der Waals surface area contributed by atoms with Crippen LogP contribution in [0.25, 0.3) is 0 Å². The molecule has 0 saturated carbocycles. The summed E-state index contributed by atoms with van der Waals surface area (Å²) in [6.45, 7) is 3.92. The van der Waals surface area contributed by atoms with Gasteiger partial charge < -0.3 is 14.7 Å². The van der Waals surface area contributed by atoms with Crippen LogP contribution < -0.4 is 5.32 Å². The molecule has 8 heteroatoms. The molecule has 6 nitrogen and oxygen atoms in total. The van der Waals surface area contributed by atoms with Crippen LogP contribution in [0.2, 0.25) is 5.02 Å². The van der Waals surface area contributed by atoms with E-state index in [2.05, 4.69) is 10.5 Å². The molecule has 0 radical (unpaired) electrons. The summed E-state index contributed by atoms with van der Waals surface area (Å²) in [6.07, 6.45) is 0. The Hall–Kier alpha value is -1.99. The minimum absolute atomic E-state index is 0.0677. The number of nitrogens with zero attached hydrogens (tertiary/aromatic N) is 2. The highest BCUT2D eigenvalue weighted by Crippen LogP contribution is 2.18. The van der Waals surface area contributed by atoms with Crippen molar-refractivity contribution in [2.24, 2.45) is 0 Å². The highest BCUT2D eigenvalue weighted by Gasteiger charge is 2.18. The van der Waals surface area contributed by atoms with Crippen molar-refractivity contribution in [1.82, 2.24) is 10.1 Å². The summed E-state index contributed by atoms with van der Waals surface area (Å²) in [7, 11) is 1.72. The molecule has 0 aliphatic heterocycles. The van der Waals surface area contributed by atoms with Crippen LogP contribution in [0.1, 0.15) is 18.2 Å². The third-order valence-electron chi connectivity index (χ3n) is 3.50. The lowest BCUT2D eigenvalue weighted by molar-refractivity contribution is -0.127. The standard InChI is InChI=1S/C17H20ClN3O3S/c1-11-8-15(20-24-11)19-17(23)12(2)25-10-16(22)21(3)9-13-6-4-5-7-14(13)18/h4-8,12H,9-10H2,1-3H3,(H,19,20,23). The number of benzene rings is 1. The summed E-state index contributed by atoms with van der Waals surface area (Å²) >= 11 is 7.38. The van der Waals surface area contributed by atoms with E-state index in [9.17, 15) is 9.59 Å². The Bertz CT molecular complexity index is 750. The SMILES string of the molecule is Cc1cc(NC(=O)C(C)SCC(=O)N(C)Cc2ccccc2Cl)no1. The average Bonchev–Trinajstić information content (AvgIpc) is 2.99. The smallest absolute Gasteiger partial charge is 0.238 e. The van der Waals surface area contributed by atoms with Crippen molar-refractivity contribution in [2.75, 3.05) is 18.1 Å². The van der Waals surface area contributed by atoms with Gasteiger partial charge in [-0.05, 0) is 25.5 Å². The molecular formula is C17H20ClN3O3S. The molecule has 1 unspecified atom stereocenters. The van der Waals surface area contributed by atoms with Gasteiger partial charge in [-0.25, -0.2) is 0 Å². The monoisotopic (exact) mass is 381 g/mol. The molecule has 2 rings (SSSR count). The van der Waals surface area contributed by atoms with Crippen LogP contribution in [0.3, 0.4) is 0 Å². The predicted octanol–water partition coefficient (Wildman–Crippen LogP) is 3.36. The van der Waals surface area contributed by atoms with E-state index in [0.29, 0.717) is 23.1 Å². The van der Waals surface area contributed by atoms with Crippen molar-refractivity contribution in [3.8, 4) is 0 Å². The number of anilines is 1. The lowest BCUT2D eigenvalue weighted by Crippen LogP contribution is -2.30. The van der Waals surface area contributed by atoms with Gasteiger partial charge in [-0.1, -0.05) is 35.0 Å². The number of nitrogens with one attached hydrogen (secondary N) is 1. The number of carbonyl (C=O) groups is 2. The Kier molecular flexibility index (Phi) is 6.90. The van der Waals surface area contributed by atoms with Gasteiger partial charge in [0, 0.05) is 24.7 Å². The molecule has 0 bridgehead atoms. The van der Waals surface area contributed by atoms with E-state index in [0.717, 1.165) is 5.56 Å². The molecule has 0 aliphatic carbocycles. The van der Waals surface area contributed by atoms with E-state index >= 15 is 0 Å². The van der Waals surface area contributed by atoms with E-state index < -0.39 is 5.25 Å². The summed E-state index contributed by atoms with van der Waals surface area (Å²) in [6, 6.07) is 9.04. The number of thioether (sulfide) groups is 1. The topological polar surface area (TPSA) is 75.4 Å². The van der Waals surface area contributed by atoms with Crippen LogP contribution in [0.5, 0.6) is 0 Å². The largest absolute Gasteiger partial charge is 0.360 e. The molecule has 1 heterocycles. The van der Waals surface area contributed by atoms with Crippen LogP contribution in [0.4, 0.5) is 5.82 Å². The molecule has 1 aromatic carbocycles. The first-order valence-electron chi connectivity index (χ1n) is 7.70. The highest BCUT2D eigenvalue weighted by atomic mass is 35.5. The van der Waals surface area contributed by atoms with Gasteiger partial charge in [-0.2, -0.15) is 0 Å². The zero-order valence-electron chi connectivity index (χ0n) is 14.3. The number of carbonyl (C=O) groups excluding carboxylic acids is 2. The quantitative estimate of drug-likeness (QED) is 0.795. The van der Waals surface area contributed by atoms with E-state index in [-0.39, 0.29) is 17.6 Å². The number of hydrogen-bond donors (Lipinski definition) is 1. The maximum Gasteiger partial charge on any atom is 0.238 e. The first-order chi connectivity index (χ1) is 11.9. The molecule has 0 aliphatic rings. The summed E-state index contributed by atoms with van der Waals surface area (Å²) < 4.78 is 4.90. The van der Waals surface area contributed by atoms with Crippen molar-refractivity contribution in [3.63, 3.8) is 0 Å². The first kappa shape index (κ1) is 19.3. The molecule has 2 aromatic rings. The lowest BCUT2D eigenvalue weighted by Gasteiger charge is -2.19. The fourth-order valence-electron chi connectivity index (χ4n) is 2.01. The predicted molar refractivity (Wildman–Crippen MR) is 99.7 cm³/mol. The van der Waals surface area contributed by atoms with Crippen LogP contribution >= 0.6 is 23.4 Å². The third-order valence-corrected chi connectivity index (χ3v) is 4.99. The second-order valence-electron chi connectivity index (χ2n) is 5.61. The normalized spacial score (nSPS) is 11.8. The van der Waals surface area contributed by atoms with Gasteiger partial charge in [0.05, 0.1) is 11.0 Å². The Balaban J connectivity index is 1.80. The van der Waals surface area contributed by atoms with Crippen LogP contribution in [0.15, 0.2) is 34.9 Å². The molecule has 1 N–H and O–H groups in total. The van der Waals surface area contributed by atoms with Gasteiger partial charge in [0.15, 0.2) is 5.82 Å². The van der Waals surface area contributed by atoms with E-state index in [1.54, 1.807) is 37.9 Å². The van der Waals surface area contributed by atoms with E-state index in [1.807, 2.05) is 18.2 Å².